The lowest BCUT2D eigenvalue weighted by molar-refractivity contribution is -0.0575. The van der Waals surface area contributed by atoms with Crippen molar-refractivity contribution in [2.45, 2.75) is 6.61 Å². The van der Waals surface area contributed by atoms with Gasteiger partial charge in [-0.3, -0.25) is 0 Å². The average molecular weight is 321 g/mol. The van der Waals surface area contributed by atoms with E-state index in [2.05, 4.69) is 30.7 Å². The fourth-order valence-electron chi connectivity index (χ4n) is 1.32. The zero-order chi connectivity index (χ0) is 13.3. The molecule has 0 saturated carbocycles. The van der Waals surface area contributed by atoms with Crippen LogP contribution in [0.3, 0.4) is 0 Å². The van der Waals surface area contributed by atoms with Gasteiger partial charge in [0.25, 0.3) is 0 Å². The van der Waals surface area contributed by atoms with E-state index >= 15 is 0 Å². The summed E-state index contributed by atoms with van der Waals surface area (Å²) in [5.74, 6) is 0. The fourth-order valence-corrected chi connectivity index (χ4v) is 1.55. The molecule has 0 aromatic carbocycles. The minimum absolute atomic E-state index is 0.284. The lowest BCUT2D eigenvalue weighted by Crippen LogP contribution is -2.22. The minimum atomic E-state index is -3.06. The highest BCUT2D eigenvalue weighted by Gasteiger charge is 2.18. The molecule has 0 aliphatic carbocycles. The summed E-state index contributed by atoms with van der Waals surface area (Å²) in [7, 11) is 1.34. The molecule has 0 bridgehead atoms. The van der Waals surface area contributed by atoms with Crippen molar-refractivity contribution in [3.05, 3.63) is 33.4 Å². The fraction of sp³-hybridized carbons (Fsp3) is 0.222. The molecule has 6 nitrogen and oxygen atoms in total. The predicted molar refractivity (Wildman–Crippen MR) is 60.9 cm³/mol. The third kappa shape index (κ3) is 2.40. The molecule has 0 radical (unpaired) electrons. The first-order valence-electron chi connectivity index (χ1n) is 4.72. The molecule has 0 aliphatic rings. The van der Waals surface area contributed by atoms with Gasteiger partial charge in [0.1, 0.15) is 4.60 Å². The van der Waals surface area contributed by atoms with Crippen LogP contribution in [0.1, 0.15) is 0 Å². The Morgan fingerprint density at radius 3 is 2.72 bits per heavy atom. The molecule has 18 heavy (non-hydrogen) atoms. The minimum Gasteiger partial charge on any atom is -0.401 e. The monoisotopic (exact) mass is 320 g/mol. The van der Waals surface area contributed by atoms with Crippen LogP contribution < -0.4 is 10.4 Å². The first kappa shape index (κ1) is 12.7. The van der Waals surface area contributed by atoms with Crippen LogP contribution in [0.15, 0.2) is 27.7 Å². The van der Waals surface area contributed by atoms with E-state index in [4.69, 9.17) is 0 Å². The standard InChI is InChI=1S/C9H7BrF2N4O2/c1-15-9(17)16(8(14-15)18-7(11)12)5-2-3-6(10)13-4-5/h2-4,7H,1H3. The Morgan fingerprint density at radius 2 is 2.17 bits per heavy atom. The molecule has 0 unspecified atom stereocenters. The second-order valence-electron chi connectivity index (χ2n) is 3.24. The Hall–Kier alpha value is -1.77. The maximum atomic E-state index is 12.2. The molecular formula is C9H7BrF2N4O2. The zero-order valence-electron chi connectivity index (χ0n) is 9.05. The molecular weight excluding hydrogens is 314 g/mol. The van der Waals surface area contributed by atoms with E-state index in [0.717, 1.165) is 9.25 Å². The van der Waals surface area contributed by atoms with Crippen LogP contribution in [0.5, 0.6) is 6.01 Å². The van der Waals surface area contributed by atoms with E-state index in [1.165, 1.54) is 19.3 Å². The van der Waals surface area contributed by atoms with E-state index in [0.29, 0.717) is 4.60 Å². The van der Waals surface area contributed by atoms with E-state index in [-0.39, 0.29) is 5.69 Å². The summed E-state index contributed by atoms with van der Waals surface area (Å²) in [5, 5.41) is 3.57. The van der Waals surface area contributed by atoms with Crippen LogP contribution >= 0.6 is 15.9 Å². The number of ether oxygens (including phenoxy) is 1. The molecule has 0 aliphatic heterocycles. The summed E-state index contributed by atoms with van der Waals surface area (Å²) in [6.45, 7) is -3.06. The highest BCUT2D eigenvalue weighted by Crippen LogP contribution is 2.15. The van der Waals surface area contributed by atoms with Crippen molar-refractivity contribution in [3.63, 3.8) is 0 Å². The summed E-state index contributed by atoms with van der Waals surface area (Å²) in [6.07, 6.45) is 1.34. The lowest BCUT2D eigenvalue weighted by atomic mass is 10.4. The number of hydrogen-bond donors (Lipinski definition) is 0. The highest BCUT2D eigenvalue weighted by molar-refractivity contribution is 9.10. The van der Waals surface area contributed by atoms with Gasteiger partial charge in [0.05, 0.1) is 11.9 Å². The Labute approximate surface area is 108 Å². The summed E-state index contributed by atoms with van der Waals surface area (Å²) in [6, 6.07) is 2.61. The molecule has 2 heterocycles. The second-order valence-corrected chi connectivity index (χ2v) is 4.05. The van der Waals surface area contributed by atoms with Crippen LogP contribution in [-0.2, 0) is 7.05 Å². The van der Waals surface area contributed by atoms with Crippen LogP contribution in [0, 0.1) is 0 Å². The van der Waals surface area contributed by atoms with Crippen molar-refractivity contribution >= 4 is 15.9 Å². The van der Waals surface area contributed by atoms with Gasteiger partial charge in [-0.15, -0.1) is 5.10 Å². The van der Waals surface area contributed by atoms with Crippen molar-refractivity contribution in [2.75, 3.05) is 0 Å². The number of halogens is 3. The highest BCUT2D eigenvalue weighted by atomic mass is 79.9. The molecule has 2 aromatic heterocycles. The first-order valence-corrected chi connectivity index (χ1v) is 5.51. The van der Waals surface area contributed by atoms with E-state index < -0.39 is 18.3 Å². The third-order valence-corrected chi connectivity index (χ3v) is 2.53. The maximum absolute atomic E-state index is 12.2. The van der Waals surface area contributed by atoms with Gasteiger partial charge in [-0.25, -0.2) is 19.0 Å². The first-order chi connectivity index (χ1) is 8.49. The molecule has 0 saturated heterocycles. The predicted octanol–water partition coefficient (Wildman–Crippen LogP) is 1.33. The average Bonchev–Trinajstić information content (AvgIpc) is 2.55. The molecule has 2 rings (SSSR count). The Balaban J connectivity index is 2.55. The number of hydrogen-bond acceptors (Lipinski definition) is 4. The van der Waals surface area contributed by atoms with Crippen molar-refractivity contribution in [2.24, 2.45) is 7.05 Å². The van der Waals surface area contributed by atoms with Crippen molar-refractivity contribution < 1.29 is 13.5 Å². The molecule has 0 spiro atoms. The van der Waals surface area contributed by atoms with Crippen LogP contribution in [0.25, 0.3) is 5.69 Å². The van der Waals surface area contributed by atoms with Crippen molar-refractivity contribution in [1.82, 2.24) is 19.3 Å². The summed E-state index contributed by atoms with van der Waals surface area (Å²) in [4.78, 5) is 15.7. The molecule has 9 heteroatoms. The number of rotatable bonds is 3. The zero-order valence-corrected chi connectivity index (χ0v) is 10.6. The van der Waals surface area contributed by atoms with Gasteiger partial charge in [-0.1, -0.05) is 0 Å². The number of aromatic nitrogens is 4. The Kier molecular flexibility index (Phi) is 3.41. The van der Waals surface area contributed by atoms with Crippen LogP contribution in [0.2, 0.25) is 0 Å². The molecule has 0 N–H and O–H groups in total. The smallest absolute Gasteiger partial charge is 0.389 e. The molecule has 0 atom stereocenters. The van der Waals surface area contributed by atoms with Gasteiger partial charge in [0, 0.05) is 7.05 Å². The maximum Gasteiger partial charge on any atom is 0.389 e. The van der Waals surface area contributed by atoms with Crippen molar-refractivity contribution in [3.8, 4) is 11.7 Å². The summed E-state index contributed by atoms with van der Waals surface area (Å²) in [5.41, 5.74) is -0.318. The van der Waals surface area contributed by atoms with E-state index in [1.54, 1.807) is 6.07 Å². The van der Waals surface area contributed by atoms with E-state index in [1.807, 2.05) is 0 Å². The van der Waals surface area contributed by atoms with Gasteiger partial charge in [0.2, 0.25) is 0 Å². The lowest BCUT2D eigenvalue weighted by Gasteiger charge is -2.05. The van der Waals surface area contributed by atoms with Crippen molar-refractivity contribution in [1.29, 1.82) is 0 Å². The van der Waals surface area contributed by atoms with Gasteiger partial charge in [0.15, 0.2) is 0 Å². The molecule has 96 valence electrons. The van der Waals surface area contributed by atoms with E-state index in [9.17, 15) is 13.6 Å². The van der Waals surface area contributed by atoms with Crippen LogP contribution in [-0.4, -0.2) is 25.9 Å². The number of alkyl halides is 2. The normalized spacial score (nSPS) is 10.9. The van der Waals surface area contributed by atoms with Gasteiger partial charge < -0.3 is 4.74 Å². The summed E-state index contributed by atoms with van der Waals surface area (Å²) >= 11 is 3.13. The van der Waals surface area contributed by atoms with Gasteiger partial charge >= 0.3 is 18.3 Å². The quantitative estimate of drug-likeness (QED) is 0.800. The Morgan fingerprint density at radius 1 is 1.44 bits per heavy atom. The number of nitrogens with zero attached hydrogens (tertiary/aromatic N) is 4. The second kappa shape index (κ2) is 4.84. The number of pyridine rings is 1. The SMILES string of the molecule is Cn1nc(OC(F)F)n(-c2ccc(Br)nc2)c1=O. The topological polar surface area (TPSA) is 61.9 Å². The Bertz CT molecular complexity index is 608. The van der Waals surface area contributed by atoms with Gasteiger partial charge in [-0.2, -0.15) is 8.78 Å². The number of aryl methyl sites for hydroxylation is 1. The largest absolute Gasteiger partial charge is 0.401 e. The van der Waals surface area contributed by atoms with Crippen LogP contribution in [0.4, 0.5) is 8.78 Å². The van der Waals surface area contributed by atoms with Gasteiger partial charge in [-0.05, 0) is 28.1 Å². The molecule has 0 fully saturated rings. The molecule has 0 amide bonds. The third-order valence-electron chi connectivity index (χ3n) is 2.06. The summed E-state index contributed by atoms with van der Waals surface area (Å²) < 4.78 is 31.0. The molecule has 2 aromatic rings.